The number of hydrogen-bond donors (Lipinski definition) is 0. The molecule has 0 aromatic heterocycles. The lowest BCUT2D eigenvalue weighted by atomic mass is 10.0. The molecule has 0 fully saturated rings. The van der Waals surface area contributed by atoms with E-state index in [-0.39, 0.29) is 11.5 Å². The van der Waals surface area contributed by atoms with Gasteiger partial charge in [0.15, 0.2) is 0 Å². The molecule has 0 aliphatic carbocycles. The van der Waals surface area contributed by atoms with Crippen LogP contribution in [0.1, 0.15) is 0 Å². The van der Waals surface area contributed by atoms with Crippen molar-refractivity contribution < 1.29 is 28.5 Å². The highest BCUT2D eigenvalue weighted by molar-refractivity contribution is 6.12. The number of hydrogen-bond acceptors (Lipinski definition) is 6. The van der Waals surface area contributed by atoms with Crippen LogP contribution in [0.3, 0.4) is 0 Å². The highest BCUT2D eigenvalue weighted by Gasteiger charge is 2.20. The highest BCUT2D eigenvalue weighted by Crippen LogP contribution is 2.42. The minimum atomic E-state index is -0.921. The summed E-state index contributed by atoms with van der Waals surface area (Å²) in [6.07, 6.45) is 0.121. The summed E-state index contributed by atoms with van der Waals surface area (Å²) in [5, 5.41) is 2.25. The zero-order valence-corrected chi connectivity index (χ0v) is 13.6. The van der Waals surface area contributed by atoms with E-state index in [1.165, 1.54) is 0 Å². The lowest BCUT2D eigenvalue weighted by Crippen LogP contribution is -2.10. The summed E-state index contributed by atoms with van der Waals surface area (Å²) >= 11 is 0. The summed E-state index contributed by atoms with van der Waals surface area (Å²) in [6, 6.07) is 14.1. The molecule has 0 bridgehead atoms. The fourth-order valence-corrected chi connectivity index (χ4v) is 2.62. The average Bonchev–Trinajstić information content (AvgIpc) is 2.65. The van der Waals surface area contributed by atoms with Crippen LogP contribution in [0.5, 0.6) is 11.5 Å². The Bertz CT molecular complexity index is 882. The third-order valence-corrected chi connectivity index (χ3v) is 3.56. The summed E-state index contributed by atoms with van der Waals surface area (Å²) in [4.78, 5) is 23.6. The largest absolute Gasteiger partial charge is 0.518 e. The minimum absolute atomic E-state index is 0.285. The maximum atomic E-state index is 11.8. The zero-order valence-electron chi connectivity index (χ0n) is 13.6. The molecule has 0 saturated heterocycles. The van der Waals surface area contributed by atoms with Crippen LogP contribution in [0, 0.1) is 0 Å². The highest BCUT2D eigenvalue weighted by atomic mass is 16.7. The van der Waals surface area contributed by atoms with Crippen LogP contribution >= 0.6 is 0 Å². The third kappa shape index (κ3) is 3.21. The molecule has 3 rings (SSSR count). The molecule has 0 amide bonds. The number of carbonyl (C=O) groups is 2. The molecule has 0 saturated carbocycles. The van der Waals surface area contributed by atoms with Gasteiger partial charge in [0, 0.05) is 21.5 Å². The van der Waals surface area contributed by atoms with Gasteiger partial charge in [-0.05, 0) is 0 Å². The first-order chi connectivity index (χ1) is 12.7. The van der Waals surface area contributed by atoms with Crippen LogP contribution in [0.15, 0.2) is 74.2 Å². The van der Waals surface area contributed by atoms with Gasteiger partial charge >= 0.3 is 12.3 Å². The van der Waals surface area contributed by atoms with Gasteiger partial charge in [0.05, 0.1) is 12.5 Å². The fraction of sp³-hybridized carbons (Fsp3) is 0. The monoisotopic (exact) mass is 350 g/mol. The molecule has 0 atom stereocenters. The Labute approximate surface area is 148 Å². The Balaban J connectivity index is 2.27. The van der Waals surface area contributed by atoms with Crippen LogP contribution in [0.4, 0.5) is 9.59 Å². The quantitative estimate of drug-likeness (QED) is 0.275. The second kappa shape index (κ2) is 7.40. The maximum Gasteiger partial charge on any atom is 0.518 e. The molecule has 6 nitrogen and oxygen atoms in total. The van der Waals surface area contributed by atoms with Crippen LogP contribution in [0.25, 0.3) is 21.5 Å². The Kier molecular flexibility index (Phi) is 4.85. The lowest BCUT2D eigenvalue weighted by molar-refractivity contribution is 0.135. The molecule has 0 aliphatic rings. The molecule has 26 heavy (non-hydrogen) atoms. The summed E-state index contributed by atoms with van der Waals surface area (Å²) in [6.45, 7) is 6.66. The number of benzene rings is 3. The lowest BCUT2D eigenvalue weighted by Gasteiger charge is -2.15. The van der Waals surface area contributed by atoms with Crippen LogP contribution < -0.4 is 9.47 Å². The summed E-state index contributed by atoms with van der Waals surface area (Å²) in [5.74, 6) is 0.569. The number of carbonyl (C=O) groups excluding carboxylic acids is 2. The van der Waals surface area contributed by atoms with Gasteiger partial charge in [-0.25, -0.2) is 9.59 Å². The summed E-state index contributed by atoms with van der Waals surface area (Å²) < 4.78 is 20.1. The summed E-state index contributed by atoms with van der Waals surface area (Å²) in [7, 11) is 0. The maximum absolute atomic E-state index is 11.8. The molecule has 0 spiro atoms. The number of rotatable bonds is 4. The second-order valence-corrected chi connectivity index (χ2v) is 5.02. The molecule has 3 aromatic carbocycles. The van der Waals surface area contributed by atoms with Crippen molar-refractivity contribution in [1.82, 2.24) is 0 Å². The van der Waals surface area contributed by atoms with E-state index in [0.29, 0.717) is 21.5 Å². The first-order valence-electron chi connectivity index (χ1n) is 7.58. The first kappa shape index (κ1) is 17.0. The smallest absolute Gasteiger partial charge is 0.403 e. The van der Waals surface area contributed by atoms with Crippen molar-refractivity contribution in [3.05, 3.63) is 74.2 Å². The molecular weight excluding hydrogens is 336 g/mol. The Morgan fingerprint density at radius 3 is 1.23 bits per heavy atom. The normalized spacial score (nSPS) is 10.2. The molecule has 0 heterocycles. The van der Waals surface area contributed by atoms with Crippen molar-refractivity contribution >= 4 is 33.9 Å². The van der Waals surface area contributed by atoms with Gasteiger partial charge in [0.1, 0.15) is 11.5 Å². The Morgan fingerprint density at radius 1 is 0.654 bits per heavy atom. The van der Waals surface area contributed by atoms with E-state index >= 15 is 0 Å². The summed E-state index contributed by atoms with van der Waals surface area (Å²) in [5.41, 5.74) is 0. The number of fused-ring (bicyclic) bond motifs is 2. The van der Waals surface area contributed by atoms with Crippen LogP contribution in [0.2, 0.25) is 0 Å². The van der Waals surface area contributed by atoms with Crippen LogP contribution in [-0.2, 0) is 9.47 Å². The van der Waals surface area contributed by atoms with E-state index < -0.39 is 12.3 Å². The standard InChI is InChI=1S/C20H14O6/c1-3-23-19(21)25-17-13-9-5-7-11-15(13)18(26-20(22)24-4-2)16-12-8-6-10-14(16)17/h3-12H,1-2H2. The van der Waals surface area contributed by atoms with E-state index in [4.69, 9.17) is 9.47 Å². The third-order valence-electron chi connectivity index (χ3n) is 3.56. The Morgan fingerprint density at radius 2 is 0.962 bits per heavy atom. The molecule has 3 aromatic rings. The van der Waals surface area contributed by atoms with Crippen molar-refractivity contribution in [2.24, 2.45) is 0 Å². The van der Waals surface area contributed by atoms with Crippen molar-refractivity contribution in [2.75, 3.05) is 0 Å². The molecular formula is C20H14O6. The van der Waals surface area contributed by atoms with Gasteiger partial charge in [-0.2, -0.15) is 0 Å². The minimum Gasteiger partial charge on any atom is -0.403 e. The molecule has 0 unspecified atom stereocenters. The first-order valence-corrected chi connectivity index (χ1v) is 7.58. The average molecular weight is 350 g/mol. The molecule has 0 aliphatic heterocycles. The van der Waals surface area contributed by atoms with Gasteiger partial charge in [0.25, 0.3) is 0 Å². The SMILES string of the molecule is C=COC(=O)Oc1c2ccccc2c(OC(=O)OC=C)c2ccccc12. The Hall–Kier alpha value is -3.80. The molecule has 0 radical (unpaired) electrons. The van der Waals surface area contributed by atoms with Gasteiger partial charge < -0.3 is 18.9 Å². The van der Waals surface area contributed by atoms with Gasteiger partial charge in [-0.3, -0.25) is 0 Å². The molecule has 130 valence electrons. The van der Waals surface area contributed by atoms with E-state index in [1.54, 1.807) is 48.5 Å². The second-order valence-electron chi connectivity index (χ2n) is 5.02. The van der Waals surface area contributed by atoms with Crippen molar-refractivity contribution in [1.29, 1.82) is 0 Å². The van der Waals surface area contributed by atoms with Crippen molar-refractivity contribution in [3.8, 4) is 11.5 Å². The van der Waals surface area contributed by atoms with E-state index in [9.17, 15) is 9.59 Å². The fourth-order valence-electron chi connectivity index (χ4n) is 2.62. The van der Waals surface area contributed by atoms with E-state index in [0.717, 1.165) is 12.5 Å². The topological polar surface area (TPSA) is 71.1 Å². The van der Waals surface area contributed by atoms with E-state index in [1.807, 2.05) is 0 Å². The number of ether oxygens (including phenoxy) is 4. The zero-order chi connectivity index (χ0) is 18.5. The van der Waals surface area contributed by atoms with Gasteiger partial charge in [-0.1, -0.05) is 61.7 Å². The van der Waals surface area contributed by atoms with Crippen LogP contribution in [-0.4, -0.2) is 12.3 Å². The van der Waals surface area contributed by atoms with Gasteiger partial charge in [-0.15, -0.1) is 0 Å². The van der Waals surface area contributed by atoms with E-state index in [2.05, 4.69) is 22.6 Å². The molecule has 6 heteroatoms. The predicted octanol–water partition coefficient (Wildman–Crippen LogP) is 5.31. The van der Waals surface area contributed by atoms with Crippen molar-refractivity contribution in [2.45, 2.75) is 0 Å². The van der Waals surface area contributed by atoms with Crippen molar-refractivity contribution in [3.63, 3.8) is 0 Å². The molecule has 0 N–H and O–H groups in total. The van der Waals surface area contributed by atoms with Gasteiger partial charge in [0.2, 0.25) is 0 Å². The predicted molar refractivity (Wildman–Crippen MR) is 96.1 cm³/mol.